The number of hydrogen-bond donors (Lipinski definition) is 2. The molecule has 7 nitrogen and oxygen atoms in total. The van der Waals surface area contributed by atoms with Crippen LogP contribution in [0.4, 0.5) is 0 Å². The molecule has 2 aromatic rings. The topological polar surface area (TPSA) is 105 Å². The molecule has 25 heavy (non-hydrogen) atoms. The Bertz CT molecular complexity index is 828. The van der Waals surface area contributed by atoms with E-state index in [0.717, 1.165) is 6.42 Å². The van der Waals surface area contributed by atoms with Crippen LogP contribution < -0.4 is 10.6 Å². The average molecular weight is 364 g/mol. The molecule has 0 saturated heterocycles. The summed E-state index contributed by atoms with van der Waals surface area (Å²) >= 11 is 0. The highest BCUT2D eigenvalue weighted by Gasteiger charge is 2.22. The summed E-state index contributed by atoms with van der Waals surface area (Å²) in [7, 11) is -3.60. The maximum Gasteiger partial charge on any atom is 0.287 e. The second kappa shape index (κ2) is 8.48. The van der Waals surface area contributed by atoms with Crippen LogP contribution in [-0.4, -0.2) is 33.3 Å². The molecule has 0 unspecified atom stereocenters. The Morgan fingerprint density at radius 3 is 2.48 bits per heavy atom. The second-order valence-corrected chi connectivity index (χ2v) is 7.37. The van der Waals surface area contributed by atoms with E-state index in [-0.39, 0.29) is 34.4 Å². The van der Waals surface area contributed by atoms with E-state index in [2.05, 4.69) is 10.6 Å². The number of nitrogens with one attached hydrogen (secondary N) is 2. The highest BCUT2D eigenvalue weighted by molar-refractivity contribution is 7.90. The van der Waals surface area contributed by atoms with Gasteiger partial charge in [-0.05, 0) is 24.6 Å². The molecule has 0 bridgehead atoms. The zero-order chi connectivity index (χ0) is 18.3. The van der Waals surface area contributed by atoms with E-state index in [9.17, 15) is 18.0 Å². The van der Waals surface area contributed by atoms with Crippen LogP contribution >= 0.6 is 0 Å². The SMILES string of the molecule is CCCNC(=O)CNC(=O)c1occc1CS(=O)(=O)c1ccccc1. The fraction of sp³-hybridized carbons (Fsp3) is 0.294. The van der Waals surface area contributed by atoms with Crippen LogP contribution in [0.3, 0.4) is 0 Å². The van der Waals surface area contributed by atoms with Gasteiger partial charge in [0.25, 0.3) is 5.91 Å². The van der Waals surface area contributed by atoms with E-state index in [1.165, 1.54) is 24.5 Å². The Morgan fingerprint density at radius 2 is 1.80 bits per heavy atom. The molecule has 2 rings (SSSR count). The number of carbonyl (C=O) groups is 2. The van der Waals surface area contributed by atoms with E-state index in [1.54, 1.807) is 18.2 Å². The molecule has 0 fully saturated rings. The quantitative estimate of drug-likeness (QED) is 0.739. The van der Waals surface area contributed by atoms with Gasteiger partial charge in [-0.2, -0.15) is 0 Å². The molecule has 2 amide bonds. The van der Waals surface area contributed by atoms with Gasteiger partial charge in [0, 0.05) is 12.1 Å². The Hall–Kier alpha value is -2.61. The lowest BCUT2D eigenvalue weighted by Gasteiger charge is -2.07. The smallest absolute Gasteiger partial charge is 0.287 e. The van der Waals surface area contributed by atoms with Crippen molar-refractivity contribution in [3.8, 4) is 0 Å². The number of amides is 2. The van der Waals surface area contributed by atoms with Crippen molar-refractivity contribution in [2.75, 3.05) is 13.1 Å². The number of rotatable bonds is 8. The minimum atomic E-state index is -3.60. The molecule has 0 spiro atoms. The van der Waals surface area contributed by atoms with Crippen molar-refractivity contribution in [3.63, 3.8) is 0 Å². The van der Waals surface area contributed by atoms with Gasteiger partial charge in [0.05, 0.1) is 23.5 Å². The molecule has 2 N–H and O–H groups in total. The number of sulfone groups is 1. The fourth-order valence-corrected chi connectivity index (χ4v) is 3.51. The molecule has 0 saturated carbocycles. The number of furan rings is 1. The van der Waals surface area contributed by atoms with E-state index in [0.29, 0.717) is 6.54 Å². The molecule has 1 aromatic heterocycles. The molecule has 0 aliphatic rings. The first-order valence-electron chi connectivity index (χ1n) is 7.83. The average Bonchev–Trinajstić information content (AvgIpc) is 3.06. The van der Waals surface area contributed by atoms with E-state index in [4.69, 9.17) is 4.42 Å². The highest BCUT2D eigenvalue weighted by atomic mass is 32.2. The van der Waals surface area contributed by atoms with Crippen LogP contribution in [0.2, 0.25) is 0 Å². The van der Waals surface area contributed by atoms with Crippen LogP contribution in [0.1, 0.15) is 29.5 Å². The summed E-state index contributed by atoms with van der Waals surface area (Å²) in [6, 6.07) is 9.40. The molecule has 0 atom stereocenters. The summed E-state index contributed by atoms with van der Waals surface area (Å²) in [5, 5.41) is 5.05. The van der Waals surface area contributed by atoms with Gasteiger partial charge in [-0.15, -0.1) is 0 Å². The fourth-order valence-electron chi connectivity index (χ4n) is 2.13. The van der Waals surface area contributed by atoms with Crippen molar-refractivity contribution < 1.29 is 22.4 Å². The van der Waals surface area contributed by atoms with Crippen molar-refractivity contribution in [2.24, 2.45) is 0 Å². The molecule has 0 radical (unpaired) electrons. The second-order valence-electron chi connectivity index (χ2n) is 5.38. The van der Waals surface area contributed by atoms with Gasteiger partial charge in [-0.1, -0.05) is 25.1 Å². The largest absolute Gasteiger partial charge is 0.459 e. The lowest BCUT2D eigenvalue weighted by Crippen LogP contribution is -2.37. The maximum atomic E-state index is 12.4. The predicted molar refractivity (Wildman–Crippen MR) is 91.7 cm³/mol. The van der Waals surface area contributed by atoms with Gasteiger partial charge < -0.3 is 15.1 Å². The molecule has 0 aliphatic heterocycles. The van der Waals surface area contributed by atoms with E-state index >= 15 is 0 Å². The van der Waals surface area contributed by atoms with Gasteiger partial charge in [0.15, 0.2) is 15.6 Å². The van der Waals surface area contributed by atoms with Crippen molar-refractivity contribution in [1.29, 1.82) is 0 Å². The van der Waals surface area contributed by atoms with Crippen LogP contribution in [0.5, 0.6) is 0 Å². The lowest BCUT2D eigenvalue weighted by molar-refractivity contribution is -0.120. The van der Waals surface area contributed by atoms with Crippen LogP contribution in [0, 0.1) is 0 Å². The molecule has 1 heterocycles. The monoisotopic (exact) mass is 364 g/mol. The van der Waals surface area contributed by atoms with Crippen molar-refractivity contribution in [2.45, 2.75) is 24.0 Å². The van der Waals surface area contributed by atoms with Gasteiger partial charge in [0.1, 0.15) is 0 Å². The van der Waals surface area contributed by atoms with Gasteiger partial charge >= 0.3 is 0 Å². The standard InChI is InChI=1S/C17H20N2O5S/c1-2-9-18-15(20)11-19-17(21)16-13(8-10-24-16)12-25(22,23)14-6-4-3-5-7-14/h3-8,10H,2,9,11-12H2,1H3,(H,18,20)(H,19,21). The normalized spacial score (nSPS) is 11.1. The summed E-state index contributed by atoms with van der Waals surface area (Å²) < 4.78 is 30.0. The van der Waals surface area contributed by atoms with Gasteiger partial charge in [-0.25, -0.2) is 8.42 Å². The van der Waals surface area contributed by atoms with Gasteiger partial charge in [0.2, 0.25) is 5.91 Å². The lowest BCUT2D eigenvalue weighted by atomic mass is 10.2. The first-order chi connectivity index (χ1) is 11.9. The summed E-state index contributed by atoms with van der Waals surface area (Å²) in [5.41, 5.74) is 0.246. The third-order valence-electron chi connectivity index (χ3n) is 3.38. The molecular weight excluding hydrogens is 344 g/mol. The summed E-state index contributed by atoms with van der Waals surface area (Å²) in [6.07, 6.45) is 2.04. The third-order valence-corrected chi connectivity index (χ3v) is 5.06. The van der Waals surface area contributed by atoms with E-state index < -0.39 is 15.7 Å². The van der Waals surface area contributed by atoms with Crippen molar-refractivity contribution in [3.05, 3.63) is 54.0 Å². The van der Waals surface area contributed by atoms with Crippen LogP contribution in [0.25, 0.3) is 0 Å². The Morgan fingerprint density at radius 1 is 1.08 bits per heavy atom. The number of benzene rings is 1. The predicted octanol–water partition coefficient (Wildman–Crippen LogP) is 1.51. The number of hydrogen-bond acceptors (Lipinski definition) is 5. The Balaban J connectivity index is 2.05. The summed E-state index contributed by atoms with van der Waals surface area (Å²) in [4.78, 5) is 23.8. The van der Waals surface area contributed by atoms with Gasteiger partial charge in [-0.3, -0.25) is 9.59 Å². The third kappa shape index (κ3) is 5.18. The number of carbonyl (C=O) groups excluding carboxylic acids is 2. The zero-order valence-electron chi connectivity index (χ0n) is 13.8. The highest BCUT2D eigenvalue weighted by Crippen LogP contribution is 2.19. The molecular formula is C17H20N2O5S. The maximum absolute atomic E-state index is 12.4. The molecule has 0 aliphatic carbocycles. The Labute approximate surface area is 146 Å². The minimum Gasteiger partial charge on any atom is -0.459 e. The molecule has 134 valence electrons. The first-order valence-corrected chi connectivity index (χ1v) is 9.48. The summed E-state index contributed by atoms with van der Waals surface area (Å²) in [5.74, 6) is -1.42. The minimum absolute atomic E-state index is 0.109. The van der Waals surface area contributed by atoms with Crippen molar-refractivity contribution in [1.82, 2.24) is 10.6 Å². The summed E-state index contributed by atoms with van der Waals surface area (Å²) in [6.45, 7) is 2.24. The first kappa shape index (κ1) is 18.7. The van der Waals surface area contributed by atoms with E-state index in [1.807, 2.05) is 6.92 Å². The Kier molecular flexibility index (Phi) is 6.35. The van der Waals surface area contributed by atoms with Crippen molar-refractivity contribution >= 4 is 21.7 Å². The molecule has 1 aromatic carbocycles. The van der Waals surface area contributed by atoms with Crippen LogP contribution in [0.15, 0.2) is 52.0 Å². The zero-order valence-corrected chi connectivity index (χ0v) is 14.6. The van der Waals surface area contributed by atoms with Crippen LogP contribution in [-0.2, 0) is 20.4 Å². The molecule has 8 heteroatoms.